The summed E-state index contributed by atoms with van der Waals surface area (Å²) < 4.78 is 21.0. The second-order valence-electron chi connectivity index (χ2n) is 10.5. The highest BCUT2D eigenvalue weighted by atomic mass is 28.3. The van der Waals surface area contributed by atoms with Gasteiger partial charge in [0.1, 0.15) is 12.4 Å². The quantitative estimate of drug-likeness (QED) is 0.284. The van der Waals surface area contributed by atoms with Gasteiger partial charge in [0.05, 0.1) is 19.3 Å². The van der Waals surface area contributed by atoms with Crippen molar-refractivity contribution < 1.29 is 18.8 Å². The van der Waals surface area contributed by atoms with Crippen molar-refractivity contribution >= 4 is 25.4 Å². The number of nitrogens with zero attached hydrogens (tertiary/aromatic N) is 3. The van der Waals surface area contributed by atoms with E-state index in [1.807, 2.05) is 50.2 Å². The van der Waals surface area contributed by atoms with Crippen LogP contribution < -0.4 is 10.4 Å². The molecule has 0 N–H and O–H groups in total. The molecule has 0 saturated carbocycles. The highest BCUT2D eigenvalue weighted by molar-refractivity contribution is 6.80. The summed E-state index contributed by atoms with van der Waals surface area (Å²) in [4.78, 5) is 15.5. The zero-order valence-electron chi connectivity index (χ0n) is 20.9. The average molecular weight is 496 g/mol. The first-order chi connectivity index (χ1) is 16.5. The van der Waals surface area contributed by atoms with Gasteiger partial charge in [0.2, 0.25) is 9.04 Å². The predicted octanol–water partition coefficient (Wildman–Crippen LogP) is 3.24. The van der Waals surface area contributed by atoms with Crippen LogP contribution in [0.3, 0.4) is 0 Å². The number of benzene rings is 2. The van der Waals surface area contributed by atoms with E-state index >= 15 is 0 Å². The lowest BCUT2D eigenvalue weighted by molar-refractivity contribution is -0.401. The molecule has 0 radical (unpaired) electrons. The van der Waals surface area contributed by atoms with Gasteiger partial charge in [0.15, 0.2) is 11.3 Å². The van der Waals surface area contributed by atoms with Crippen molar-refractivity contribution in [2.24, 2.45) is 5.41 Å². The van der Waals surface area contributed by atoms with Crippen molar-refractivity contribution in [2.75, 3.05) is 13.2 Å². The van der Waals surface area contributed by atoms with Gasteiger partial charge in [-0.1, -0.05) is 86.4 Å². The molecule has 1 atom stereocenters. The number of hydrogen-bond donors (Lipinski definition) is 0. The Bertz CT molecular complexity index is 1100. The van der Waals surface area contributed by atoms with Crippen molar-refractivity contribution in [3.63, 3.8) is 0 Å². The van der Waals surface area contributed by atoms with Crippen molar-refractivity contribution in [1.29, 1.82) is 0 Å². The molecule has 1 saturated heterocycles. The third-order valence-corrected chi connectivity index (χ3v) is 8.88. The average Bonchev–Trinajstić information content (AvgIpc) is 3.32. The summed E-state index contributed by atoms with van der Waals surface area (Å²) in [6, 6.07) is 20.4. The van der Waals surface area contributed by atoms with E-state index in [2.05, 4.69) is 50.0 Å². The minimum atomic E-state index is -2.22. The third-order valence-electron chi connectivity index (χ3n) is 6.36. The van der Waals surface area contributed by atoms with Gasteiger partial charge < -0.3 is 24.0 Å². The molecule has 1 aromatic heterocycles. The smallest absolute Gasteiger partial charge is 0.403 e. The van der Waals surface area contributed by atoms with E-state index < -0.39 is 36.8 Å². The number of ether oxygens (including phenoxy) is 2. The zero-order valence-corrected chi connectivity index (χ0v) is 22.0. The molecule has 2 heterocycles. The number of hydrogen-bond acceptors (Lipinski definition) is 6. The van der Waals surface area contributed by atoms with Crippen molar-refractivity contribution in [3.05, 3.63) is 83.2 Å². The van der Waals surface area contributed by atoms with Crippen LogP contribution in [0.1, 0.15) is 34.6 Å². The van der Waals surface area contributed by atoms with Crippen LogP contribution in [0.15, 0.2) is 73.1 Å². The Morgan fingerprint density at radius 1 is 1.03 bits per heavy atom. The molecular formula is C26H33N3O5Si. The van der Waals surface area contributed by atoms with E-state index in [0.717, 1.165) is 10.4 Å². The minimum Gasteiger partial charge on any atom is -0.403 e. The Hall–Kier alpha value is -2.85. The molecule has 0 aliphatic carbocycles. The lowest BCUT2D eigenvalue weighted by Gasteiger charge is -2.50. The molecule has 1 aliphatic rings. The first kappa shape index (κ1) is 25.2. The Morgan fingerprint density at radius 2 is 1.54 bits per heavy atom. The number of rotatable bonds is 7. The maximum atomic E-state index is 11.9. The van der Waals surface area contributed by atoms with Crippen LogP contribution in [0.4, 0.5) is 5.95 Å². The van der Waals surface area contributed by atoms with Gasteiger partial charge in [-0.25, -0.2) is 4.57 Å². The Labute approximate surface area is 207 Å². The fraction of sp³-hybridized carbons (Fsp3) is 0.423. The topological polar surface area (TPSA) is 88.7 Å². The summed E-state index contributed by atoms with van der Waals surface area (Å²) in [6.45, 7) is 10.3. The number of imidazole rings is 1. The summed E-state index contributed by atoms with van der Waals surface area (Å²) >= 11 is 0. The molecule has 3 aromatic rings. The van der Waals surface area contributed by atoms with Crippen LogP contribution in [-0.2, 0) is 19.4 Å². The van der Waals surface area contributed by atoms with Gasteiger partial charge in [-0.15, -0.1) is 0 Å². The molecule has 1 fully saturated rings. The molecule has 2 aromatic carbocycles. The fourth-order valence-corrected chi connectivity index (χ4v) is 7.53. The van der Waals surface area contributed by atoms with Crippen molar-refractivity contribution in [2.45, 2.75) is 52.0 Å². The molecule has 186 valence electrons. The molecule has 0 spiro atoms. The molecule has 8 nitrogen and oxygen atoms in total. The zero-order chi connectivity index (χ0) is 25.3. The summed E-state index contributed by atoms with van der Waals surface area (Å²) in [5.41, 5.74) is -1.41. The van der Waals surface area contributed by atoms with Crippen LogP contribution in [-0.4, -0.2) is 48.6 Å². The largest absolute Gasteiger partial charge is 0.435 e. The highest BCUT2D eigenvalue weighted by Gasteiger charge is 2.56. The normalized spacial score (nSPS) is 18.3. The lowest BCUT2D eigenvalue weighted by atomic mass is 9.76. The van der Waals surface area contributed by atoms with Crippen molar-refractivity contribution in [1.82, 2.24) is 9.55 Å². The van der Waals surface area contributed by atoms with Crippen LogP contribution >= 0.6 is 0 Å². The van der Waals surface area contributed by atoms with Gasteiger partial charge in [-0.3, -0.25) is 0 Å². The molecule has 9 heteroatoms. The minimum absolute atomic E-state index is 0.184. The standard InChI is InChI=1S/C26H33N3O5Si/c1-24(2,3)22(34-35(20-12-8-6-9-13-20)21-14-10-7-11-15-21)26(18-32-25(4,5)33-19-26)28-17-16-27-23(28)29(30)31/h6-17,22,35H,18-19H2,1-5H3. The lowest BCUT2D eigenvalue weighted by Crippen LogP contribution is -2.65. The van der Waals surface area contributed by atoms with Crippen LogP contribution in [0.25, 0.3) is 0 Å². The van der Waals surface area contributed by atoms with E-state index in [1.165, 1.54) is 6.20 Å². The van der Waals surface area contributed by atoms with E-state index in [1.54, 1.807) is 10.8 Å². The predicted molar refractivity (Wildman–Crippen MR) is 136 cm³/mol. The SMILES string of the molecule is CC1(C)OCC(C(O[SiH](c2ccccc2)c2ccccc2)C(C)(C)C)(n2ccnc2[N+](=O)[O-])CO1. The van der Waals surface area contributed by atoms with Crippen molar-refractivity contribution in [3.8, 4) is 0 Å². The van der Waals surface area contributed by atoms with E-state index in [-0.39, 0.29) is 19.2 Å². The molecule has 4 rings (SSSR count). The monoisotopic (exact) mass is 495 g/mol. The summed E-state index contributed by atoms with van der Waals surface area (Å²) in [7, 11) is -2.22. The van der Waals surface area contributed by atoms with E-state index in [0.29, 0.717) is 0 Å². The van der Waals surface area contributed by atoms with Crippen LogP contribution in [0.5, 0.6) is 0 Å². The third kappa shape index (κ3) is 5.23. The molecule has 35 heavy (non-hydrogen) atoms. The highest BCUT2D eigenvalue weighted by Crippen LogP contribution is 2.42. The van der Waals surface area contributed by atoms with Gasteiger partial charge in [0, 0.05) is 0 Å². The molecule has 1 aliphatic heterocycles. The Balaban J connectivity index is 1.87. The first-order valence-electron chi connectivity index (χ1n) is 11.7. The summed E-state index contributed by atoms with van der Waals surface area (Å²) in [5, 5.41) is 14.2. The van der Waals surface area contributed by atoms with E-state index in [9.17, 15) is 10.1 Å². The Kier molecular flexibility index (Phi) is 6.96. The maximum absolute atomic E-state index is 11.9. The van der Waals surface area contributed by atoms with Gasteiger partial charge in [-0.2, -0.15) is 0 Å². The maximum Gasteiger partial charge on any atom is 0.435 e. The molecule has 0 bridgehead atoms. The fourth-order valence-electron chi connectivity index (χ4n) is 4.75. The van der Waals surface area contributed by atoms with Gasteiger partial charge >= 0.3 is 5.95 Å². The van der Waals surface area contributed by atoms with Crippen LogP contribution in [0, 0.1) is 15.5 Å². The van der Waals surface area contributed by atoms with Gasteiger partial charge in [-0.05, 0) is 34.6 Å². The Morgan fingerprint density at radius 3 is 2.00 bits per heavy atom. The number of aromatic nitrogens is 2. The number of nitro groups is 1. The second kappa shape index (κ2) is 9.66. The second-order valence-corrected chi connectivity index (χ2v) is 12.9. The summed E-state index contributed by atoms with van der Waals surface area (Å²) in [6.07, 6.45) is 2.59. The first-order valence-corrected chi connectivity index (χ1v) is 13.4. The van der Waals surface area contributed by atoms with Crippen LogP contribution in [0.2, 0.25) is 0 Å². The molecule has 0 amide bonds. The van der Waals surface area contributed by atoms with Gasteiger partial charge in [0.25, 0.3) is 0 Å². The summed E-state index contributed by atoms with van der Waals surface area (Å²) in [5.74, 6) is -1.07. The molecular weight excluding hydrogens is 462 g/mol. The van der Waals surface area contributed by atoms with E-state index in [4.69, 9.17) is 13.9 Å². The molecule has 1 unspecified atom stereocenters.